The molecular weight excluding hydrogens is 310 g/mol. The molecule has 2 aliphatic rings. The van der Waals surface area contributed by atoms with Crippen molar-refractivity contribution in [1.29, 1.82) is 0 Å². The molecule has 25 heavy (non-hydrogen) atoms. The van der Waals surface area contributed by atoms with Crippen LogP contribution in [0.2, 0.25) is 0 Å². The molecule has 1 fully saturated rings. The molecule has 0 atom stereocenters. The first-order valence-electron chi connectivity index (χ1n) is 9.37. The summed E-state index contributed by atoms with van der Waals surface area (Å²) in [5.74, 6) is 2.06. The van der Waals surface area contributed by atoms with Gasteiger partial charge >= 0.3 is 0 Å². The molecule has 1 aromatic heterocycles. The quantitative estimate of drug-likeness (QED) is 0.850. The number of aromatic nitrogens is 1. The molecule has 1 amide bonds. The second kappa shape index (κ2) is 6.87. The molecule has 1 aliphatic carbocycles. The number of nitrogens with one attached hydrogen (secondary N) is 1. The van der Waals surface area contributed by atoms with Crippen LogP contribution in [-0.2, 0) is 11.3 Å². The van der Waals surface area contributed by atoms with Crippen molar-refractivity contribution in [2.75, 3.05) is 10.2 Å². The number of para-hydroxylation sites is 2. The number of amides is 1. The Labute approximate surface area is 149 Å². The van der Waals surface area contributed by atoms with Gasteiger partial charge in [-0.3, -0.25) is 4.79 Å². The van der Waals surface area contributed by atoms with Crippen LogP contribution in [-0.4, -0.2) is 10.9 Å². The Kier molecular flexibility index (Phi) is 4.43. The Balaban J connectivity index is 1.65. The summed E-state index contributed by atoms with van der Waals surface area (Å²) in [4.78, 5) is 19.8. The van der Waals surface area contributed by atoms with E-state index < -0.39 is 0 Å². The predicted octanol–water partition coefficient (Wildman–Crippen LogP) is 4.89. The van der Waals surface area contributed by atoms with E-state index in [0.717, 1.165) is 41.5 Å². The third-order valence-corrected chi connectivity index (χ3v) is 5.71. The van der Waals surface area contributed by atoms with Crippen molar-refractivity contribution in [3.8, 4) is 0 Å². The molecule has 0 saturated heterocycles. The van der Waals surface area contributed by atoms with E-state index in [4.69, 9.17) is 0 Å². The topological polar surface area (TPSA) is 45.2 Å². The number of anilines is 3. The van der Waals surface area contributed by atoms with Crippen molar-refractivity contribution in [2.45, 2.75) is 45.6 Å². The Morgan fingerprint density at radius 2 is 1.96 bits per heavy atom. The maximum absolute atomic E-state index is 13.4. The summed E-state index contributed by atoms with van der Waals surface area (Å²) in [6.07, 6.45) is 7.42. The number of hydrogen-bond acceptors (Lipinski definition) is 3. The van der Waals surface area contributed by atoms with Gasteiger partial charge in [0.2, 0.25) is 5.91 Å². The van der Waals surface area contributed by atoms with Crippen LogP contribution in [0, 0.1) is 11.8 Å². The van der Waals surface area contributed by atoms with Gasteiger partial charge in [0.1, 0.15) is 5.82 Å². The molecular formula is C21H25N3O. The summed E-state index contributed by atoms with van der Waals surface area (Å²) in [7, 11) is 0. The van der Waals surface area contributed by atoms with Crippen molar-refractivity contribution < 1.29 is 4.79 Å². The van der Waals surface area contributed by atoms with Gasteiger partial charge in [-0.05, 0) is 49.8 Å². The van der Waals surface area contributed by atoms with Gasteiger partial charge < -0.3 is 10.2 Å². The van der Waals surface area contributed by atoms with E-state index >= 15 is 0 Å². The minimum Gasteiger partial charge on any atom is -0.338 e. The summed E-state index contributed by atoms with van der Waals surface area (Å²) in [5.41, 5.74) is 2.98. The summed E-state index contributed by atoms with van der Waals surface area (Å²) in [5, 5.41) is 3.40. The first-order valence-corrected chi connectivity index (χ1v) is 9.37. The van der Waals surface area contributed by atoms with E-state index in [1.807, 2.05) is 35.2 Å². The van der Waals surface area contributed by atoms with Crippen LogP contribution < -0.4 is 10.2 Å². The summed E-state index contributed by atoms with van der Waals surface area (Å²) in [6, 6.07) is 12.0. The molecule has 130 valence electrons. The lowest BCUT2D eigenvalue weighted by Gasteiger charge is -2.32. The normalized spacial score (nSPS) is 22.4. The fourth-order valence-electron chi connectivity index (χ4n) is 4.11. The molecule has 1 aliphatic heterocycles. The minimum atomic E-state index is 0.147. The standard InChI is InChI=1S/C21H25N3O/c1-2-15-9-11-16(12-10-15)21(25)24-14-17-6-5-13-22-20(17)23-18-7-3-4-8-19(18)24/h3-8,13,15-16H,2,9-12,14H2,1H3,(H,22,23). The van der Waals surface area contributed by atoms with Gasteiger partial charge in [0.25, 0.3) is 0 Å². The van der Waals surface area contributed by atoms with Crippen LogP contribution in [0.1, 0.15) is 44.6 Å². The van der Waals surface area contributed by atoms with Crippen molar-refractivity contribution in [1.82, 2.24) is 4.98 Å². The van der Waals surface area contributed by atoms with Gasteiger partial charge in [0.15, 0.2) is 0 Å². The largest absolute Gasteiger partial charge is 0.338 e. The van der Waals surface area contributed by atoms with Crippen LogP contribution in [0.15, 0.2) is 42.6 Å². The fraction of sp³-hybridized carbons (Fsp3) is 0.429. The number of carbonyl (C=O) groups is 1. The second-order valence-corrected chi connectivity index (χ2v) is 7.20. The number of fused-ring (bicyclic) bond motifs is 2. The average molecular weight is 335 g/mol. The van der Waals surface area contributed by atoms with Gasteiger partial charge in [0.05, 0.1) is 17.9 Å². The van der Waals surface area contributed by atoms with E-state index in [1.54, 1.807) is 6.20 Å². The van der Waals surface area contributed by atoms with Gasteiger partial charge in [-0.15, -0.1) is 0 Å². The SMILES string of the molecule is CCC1CCC(C(=O)N2Cc3cccnc3Nc3ccccc32)CC1. The highest BCUT2D eigenvalue weighted by Gasteiger charge is 2.32. The second-order valence-electron chi connectivity index (χ2n) is 7.20. The molecule has 1 saturated carbocycles. The molecule has 0 radical (unpaired) electrons. The molecule has 4 heteroatoms. The van der Waals surface area contributed by atoms with E-state index in [2.05, 4.69) is 23.3 Å². The van der Waals surface area contributed by atoms with Crippen LogP contribution >= 0.6 is 0 Å². The molecule has 4 nitrogen and oxygen atoms in total. The highest BCUT2D eigenvalue weighted by Crippen LogP contribution is 2.38. The summed E-state index contributed by atoms with van der Waals surface area (Å²) < 4.78 is 0. The zero-order chi connectivity index (χ0) is 17.2. The predicted molar refractivity (Wildman–Crippen MR) is 101 cm³/mol. The monoisotopic (exact) mass is 335 g/mol. The summed E-state index contributed by atoms with van der Waals surface area (Å²) >= 11 is 0. The van der Waals surface area contributed by atoms with E-state index in [-0.39, 0.29) is 11.8 Å². The molecule has 0 unspecified atom stereocenters. The maximum Gasteiger partial charge on any atom is 0.230 e. The van der Waals surface area contributed by atoms with Crippen molar-refractivity contribution in [2.24, 2.45) is 11.8 Å². The molecule has 1 aromatic carbocycles. The zero-order valence-corrected chi connectivity index (χ0v) is 14.7. The average Bonchev–Trinajstić information content (AvgIpc) is 2.84. The van der Waals surface area contributed by atoms with Crippen LogP contribution in [0.3, 0.4) is 0 Å². The smallest absolute Gasteiger partial charge is 0.230 e. The van der Waals surface area contributed by atoms with Crippen LogP contribution in [0.5, 0.6) is 0 Å². The Hall–Kier alpha value is -2.36. The van der Waals surface area contributed by atoms with Crippen molar-refractivity contribution in [3.63, 3.8) is 0 Å². The minimum absolute atomic E-state index is 0.147. The first kappa shape index (κ1) is 16.1. The van der Waals surface area contributed by atoms with Gasteiger partial charge in [0, 0.05) is 17.7 Å². The Morgan fingerprint density at radius 1 is 1.16 bits per heavy atom. The number of carbonyl (C=O) groups excluding carboxylic acids is 1. The fourth-order valence-corrected chi connectivity index (χ4v) is 4.11. The lowest BCUT2D eigenvalue weighted by atomic mass is 9.80. The number of nitrogens with zero attached hydrogens (tertiary/aromatic N) is 2. The van der Waals surface area contributed by atoms with Crippen LogP contribution in [0.25, 0.3) is 0 Å². The third kappa shape index (κ3) is 3.13. The number of hydrogen-bond donors (Lipinski definition) is 1. The molecule has 1 N–H and O–H groups in total. The van der Waals surface area contributed by atoms with E-state index in [0.29, 0.717) is 6.54 Å². The molecule has 0 spiro atoms. The first-order chi connectivity index (χ1) is 12.3. The Morgan fingerprint density at radius 3 is 2.76 bits per heavy atom. The highest BCUT2D eigenvalue weighted by atomic mass is 16.2. The zero-order valence-electron chi connectivity index (χ0n) is 14.7. The van der Waals surface area contributed by atoms with Gasteiger partial charge in [-0.1, -0.05) is 31.5 Å². The third-order valence-electron chi connectivity index (χ3n) is 5.71. The number of rotatable bonds is 2. The van der Waals surface area contributed by atoms with E-state index in [9.17, 15) is 4.79 Å². The summed E-state index contributed by atoms with van der Waals surface area (Å²) in [6.45, 7) is 2.84. The van der Waals surface area contributed by atoms with Gasteiger partial charge in [-0.2, -0.15) is 0 Å². The lowest BCUT2D eigenvalue weighted by Crippen LogP contribution is -2.37. The lowest BCUT2D eigenvalue weighted by molar-refractivity contribution is -0.123. The van der Waals surface area contributed by atoms with Crippen LogP contribution in [0.4, 0.5) is 17.2 Å². The molecule has 2 aromatic rings. The number of benzene rings is 1. The Bertz CT molecular complexity index is 765. The van der Waals surface area contributed by atoms with Gasteiger partial charge in [-0.25, -0.2) is 4.98 Å². The number of pyridine rings is 1. The van der Waals surface area contributed by atoms with E-state index in [1.165, 1.54) is 19.3 Å². The molecule has 0 bridgehead atoms. The van der Waals surface area contributed by atoms with Crippen molar-refractivity contribution in [3.05, 3.63) is 48.2 Å². The maximum atomic E-state index is 13.4. The molecule has 4 rings (SSSR count). The molecule has 2 heterocycles. The van der Waals surface area contributed by atoms with Crippen molar-refractivity contribution >= 4 is 23.1 Å². The highest BCUT2D eigenvalue weighted by molar-refractivity contribution is 5.99.